The molecule has 1 aromatic carbocycles. The smallest absolute Gasteiger partial charge is 0.280 e. The molecular weight excluding hydrogens is 266 g/mol. The molecule has 0 aromatic heterocycles. The fourth-order valence-electron chi connectivity index (χ4n) is 1.81. The van der Waals surface area contributed by atoms with Gasteiger partial charge in [0.05, 0.1) is 12.0 Å². The Kier molecular flexibility index (Phi) is 4.68. The molecule has 1 aromatic rings. The molecule has 0 amide bonds. The monoisotopic (exact) mass is 279 g/mol. The number of carbonyl (C=O) groups excluding carboxylic acids is 3. The average molecular weight is 279 g/mol. The minimum Gasteiger partial charge on any atom is -0.497 e. The number of nitrogens with zero attached hydrogens (tertiary/aromatic N) is 1. The lowest BCUT2D eigenvalue weighted by Gasteiger charge is -2.10. The quantitative estimate of drug-likeness (QED) is 0.339. The van der Waals surface area contributed by atoms with Gasteiger partial charge in [0.1, 0.15) is 28.8 Å². The van der Waals surface area contributed by atoms with Crippen LogP contribution >= 0.6 is 0 Å². The van der Waals surface area contributed by atoms with Crippen LogP contribution in [0.4, 0.5) is 5.69 Å². The molecule has 0 N–H and O–H groups in total. The van der Waals surface area contributed by atoms with Gasteiger partial charge in [-0.2, -0.15) is 0 Å². The van der Waals surface area contributed by atoms with Crippen LogP contribution in [-0.2, 0) is 9.59 Å². The van der Waals surface area contributed by atoms with E-state index in [4.69, 9.17) is 4.74 Å². The molecule has 106 valence electrons. The Morgan fingerprint density at radius 2 is 1.75 bits per heavy atom. The average Bonchev–Trinajstić information content (AvgIpc) is 2.36. The summed E-state index contributed by atoms with van der Waals surface area (Å²) in [7, 11) is 1.34. The molecule has 1 rings (SSSR count). The molecule has 0 bridgehead atoms. The molecule has 0 aliphatic heterocycles. The number of methoxy groups -OCH3 is 1. The van der Waals surface area contributed by atoms with Crippen molar-refractivity contribution in [3.05, 3.63) is 33.9 Å². The van der Waals surface area contributed by atoms with Crippen LogP contribution in [0.1, 0.15) is 24.2 Å². The first-order valence-corrected chi connectivity index (χ1v) is 5.67. The predicted octanol–water partition coefficient (Wildman–Crippen LogP) is 1.58. The highest BCUT2D eigenvalue weighted by Gasteiger charge is 2.33. The summed E-state index contributed by atoms with van der Waals surface area (Å²) in [6, 6.07) is 3.58. The van der Waals surface area contributed by atoms with Crippen molar-refractivity contribution in [3.8, 4) is 5.75 Å². The first-order valence-electron chi connectivity index (χ1n) is 5.67. The van der Waals surface area contributed by atoms with Gasteiger partial charge < -0.3 is 4.74 Å². The number of ketones is 3. The van der Waals surface area contributed by atoms with E-state index in [1.165, 1.54) is 13.2 Å². The molecule has 7 heteroatoms. The van der Waals surface area contributed by atoms with E-state index in [2.05, 4.69) is 0 Å². The molecule has 0 atom stereocenters. The van der Waals surface area contributed by atoms with Gasteiger partial charge in [0, 0.05) is 6.07 Å². The first-order chi connectivity index (χ1) is 9.29. The molecule has 20 heavy (non-hydrogen) atoms. The Balaban J connectivity index is 3.42. The molecule has 7 nitrogen and oxygen atoms in total. The lowest BCUT2D eigenvalue weighted by atomic mass is 9.90. The third-order valence-electron chi connectivity index (χ3n) is 2.74. The number of hydrogen-bond donors (Lipinski definition) is 0. The van der Waals surface area contributed by atoms with E-state index in [-0.39, 0.29) is 11.3 Å². The van der Waals surface area contributed by atoms with Crippen LogP contribution in [0, 0.1) is 16.0 Å². The highest BCUT2D eigenvalue weighted by atomic mass is 16.6. The minimum atomic E-state index is -1.53. The van der Waals surface area contributed by atoms with E-state index in [0.717, 1.165) is 26.0 Å². The summed E-state index contributed by atoms with van der Waals surface area (Å²) >= 11 is 0. The highest BCUT2D eigenvalue weighted by Crippen LogP contribution is 2.27. The molecule has 0 saturated carbocycles. The van der Waals surface area contributed by atoms with Crippen LogP contribution in [-0.4, -0.2) is 29.4 Å². The van der Waals surface area contributed by atoms with Crippen molar-refractivity contribution < 1.29 is 24.0 Å². The van der Waals surface area contributed by atoms with Crippen molar-refractivity contribution >= 4 is 23.0 Å². The fraction of sp³-hybridized carbons (Fsp3) is 0.308. The maximum Gasteiger partial charge on any atom is 0.280 e. The number of Topliss-reactive ketones (excluding diaryl/α,β-unsaturated/α-hetero) is 3. The molecule has 0 unspecified atom stereocenters. The van der Waals surface area contributed by atoms with Gasteiger partial charge in [-0.25, -0.2) is 0 Å². The van der Waals surface area contributed by atoms with Crippen molar-refractivity contribution in [2.45, 2.75) is 13.8 Å². The summed E-state index contributed by atoms with van der Waals surface area (Å²) in [6.45, 7) is 2.19. The number of ether oxygens (including phenoxy) is 1. The molecule has 0 saturated heterocycles. The van der Waals surface area contributed by atoms with Crippen LogP contribution < -0.4 is 4.74 Å². The summed E-state index contributed by atoms with van der Waals surface area (Å²) < 4.78 is 4.90. The number of hydrogen-bond acceptors (Lipinski definition) is 6. The Labute approximate surface area is 114 Å². The predicted molar refractivity (Wildman–Crippen MR) is 68.8 cm³/mol. The lowest BCUT2D eigenvalue weighted by Crippen LogP contribution is -2.29. The van der Waals surface area contributed by atoms with Crippen LogP contribution in [0.5, 0.6) is 5.75 Å². The van der Waals surface area contributed by atoms with Crippen molar-refractivity contribution in [2.24, 2.45) is 5.92 Å². The van der Waals surface area contributed by atoms with Gasteiger partial charge in [-0.05, 0) is 26.0 Å². The maximum atomic E-state index is 12.2. The Morgan fingerprint density at radius 3 is 2.15 bits per heavy atom. The summed E-state index contributed by atoms with van der Waals surface area (Å²) in [4.78, 5) is 45.2. The Hall–Kier alpha value is -2.57. The SMILES string of the molecule is COc1ccc([N+](=O)[O-])c(C(=O)C(C(C)=O)C(C)=O)c1. The third-order valence-corrected chi connectivity index (χ3v) is 2.74. The van der Waals surface area contributed by atoms with E-state index in [1.807, 2.05) is 0 Å². The van der Waals surface area contributed by atoms with E-state index in [9.17, 15) is 24.5 Å². The minimum absolute atomic E-state index is 0.227. The second-order valence-electron chi connectivity index (χ2n) is 4.16. The summed E-state index contributed by atoms with van der Waals surface area (Å²) in [5.74, 6) is -3.50. The number of nitro groups is 1. The molecule has 0 aliphatic carbocycles. The van der Waals surface area contributed by atoms with E-state index in [0.29, 0.717) is 0 Å². The van der Waals surface area contributed by atoms with Gasteiger partial charge in [0.25, 0.3) is 5.69 Å². The van der Waals surface area contributed by atoms with Gasteiger partial charge >= 0.3 is 0 Å². The highest BCUT2D eigenvalue weighted by molar-refractivity contribution is 6.24. The number of nitro benzene ring substituents is 1. The molecular formula is C13H13NO6. The van der Waals surface area contributed by atoms with Crippen molar-refractivity contribution in [3.63, 3.8) is 0 Å². The number of rotatable bonds is 6. The second kappa shape index (κ2) is 6.05. The third kappa shape index (κ3) is 3.05. The van der Waals surface area contributed by atoms with Gasteiger partial charge in [-0.1, -0.05) is 0 Å². The molecule has 0 radical (unpaired) electrons. The maximum absolute atomic E-state index is 12.2. The number of carbonyl (C=O) groups is 3. The Morgan fingerprint density at radius 1 is 1.20 bits per heavy atom. The second-order valence-corrected chi connectivity index (χ2v) is 4.16. The van der Waals surface area contributed by atoms with Crippen molar-refractivity contribution in [1.82, 2.24) is 0 Å². The number of benzene rings is 1. The largest absolute Gasteiger partial charge is 0.497 e. The summed E-state index contributed by atoms with van der Waals surface area (Å²) in [6.07, 6.45) is 0. The van der Waals surface area contributed by atoms with E-state index < -0.39 is 33.9 Å². The van der Waals surface area contributed by atoms with E-state index >= 15 is 0 Å². The van der Waals surface area contributed by atoms with Crippen LogP contribution in [0.25, 0.3) is 0 Å². The Bertz CT molecular complexity index is 579. The molecule has 0 fully saturated rings. The first kappa shape index (κ1) is 15.5. The van der Waals surface area contributed by atoms with Crippen molar-refractivity contribution in [1.29, 1.82) is 0 Å². The molecule has 0 heterocycles. The topological polar surface area (TPSA) is 104 Å². The lowest BCUT2D eigenvalue weighted by molar-refractivity contribution is -0.385. The zero-order valence-corrected chi connectivity index (χ0v) is 11.2. The van der Waals surface area contributed by atoms with Gasteiger partial charge in [0.2, 0.25) is 0 Å². The van der Waals surface area contributed by atoms with Crippen molar-refractivity contribution in [2.75, 3.05) is 7.11 Å². The van der Waals surface area contributed by atoms with Crippen LogP contribution in [0.15, 0.2) is 18.2 Å². The van der Waals surface area contributed by atoms with Gasteiger partial charge in [-0.3, -0.25) is 24.5 Å². The van der Waals surface area contributed by atoms with Gasteiger partial charge in [0.15, 0.2) is 5.78 Å². The fourth-order valence-corrected chi connectivity index (χ4v) is 1.81. The summed E-state index contributed by atoms with van der Waals surface area (Å²) in [5, 5.41) is 10.9. The normalized spacial score (nSPS) is 10.2. The standard InChI is InChI=1S/C13H13NO6/c1-7(15)12(8(2)16)13(17)10-6-9(20-3)4-5-11(10)14(18)19/h4-6,12H,1-3H3. The zero-order chi connectivity index (χ0) is 15.4. The molecule has 0 aliphatic rings. The zero-order valence-electron chi connectivity index (χ0n) is 11.2. The van der Waals surface area contributed by atoms with Crippen LogP contribution in [0.3, 0.4) is 0 Å². The van der Waals surface area contributed by atoms with E-state index in [1.54, 1.807) is 0 Å². The van der Waals surface area contributed by atoms with Gasteiger partial charge in [-0.15, -0.1) is 0 Å². The summed E-state index contributed by atoms with van der Waals surface area (Å²) in [5.41, 5.74) is -0.784. The van der Waals surface area contributed by atoms with Crippen LogP contribution in [0.2, 0.25) is 0 Å². The molecule has 0 spiro atoms.